The highest BCUT2D eigenvalue weighted by Crippen LogP contribution is 2.19. The van der Waals surface area contributed by atoms with Gasteiger partial charge in [0.25, 0.3) is 0 Å². The van der Waals surface area contributed by atoms with Crippen LogP contribution in [0.15, 0.2) is 12.5 Å². The summed E-state index contributed by atoms with van der Waals surface area (Å²) >= 11 is 0. The third-order valence-corrected chi connectivity index (χ3v) is 2.79. The monoisotopic (exact) mass is 248 g/mol. The molecular formula is C11H16N6O. The third-order valence-electron chi connectivity index (χ3n) is 2.79. The molecule has 0 aliphatic heterocycles. The normalized spacial score (nSPS) is 12.9. The Morgan fingerprint density at radius 2 is 2.17 bits per heavy atom. The molecule has 18 heavy (non-hydrogen) atoms. The van der Waals surface area contributed by atoms with E-state index in [-0.39, 0.29) is 5.92 Å². The van der Waals surface area contributed by atoms with Gasteiger partial charge in [-0.15, -0.1) is 0 Å². The number of nitrogens with zero attached hydrogens (tertiary/aromatic N) is 4. The van der Waals surface area contributed by atoms with E-state index >= 15 is 0 Å². The Balaban J connectivity index is 2.39. The molecule has 0 spiro atoms. The van der Waals surface area contributed by atoms with Crippen LogP contribution in [-0.4, -0.2) is 31.7 Å². The number of anilines is 1. The first-order valence-corrected chi connectivity index (χ1v) is 5.69. The minimum atomic E-state index is -0.469. The highest BCUT2D eigenvalue weighted by molar-refractivity contribution is 5.90. The van der Waals surface area contributed by atoms with Crippen molar-refractivity contribution in [2.24, 2.45) is 18.7 Å². The van der Waals surface area contributed by atoms with Crippen LogP contribution in [0.25, 0.3) is 11.0 Å². The molecular weight excluding hydrogens is 232 g/mol. The fraction of sp³-hybridized carbons (Fsp3) is 0.455. The van der Waals surface area contributed by atoms with Crippen LogP contribution in [0.5, 0.6) is 0 Å². The summed E-state index contributed by atoms with van der Waals surface area (Å²) in [5.41, 5.74) is 6.08. The van der Waals surface area contributed by atoms with Gasteiger partial charge < -0.3 is 11.1 Å². The van der Waals surface area contributed by atoms with Crippen molar-refractivity contribution < 1.29 is 4.79 Å². The van der Waals surface area contributed by atoms with E-state index < -0.39 is 11.9 Å². The fourth-order valence-corrected chi connectivity index (χ4v) is 1.79. The molecule has 3 N–H and O–H groups in total. The van der Waals surface area contributed by atoms with Gasteiger partial charge in [0.1, 0.15) is 18.2 Å². The lowest BCUT2D eigenvalue weighted by Crippen LogP contribution is -2.39. The maximum absolute atomic E-state index is 11.4. The summed E-state index contributed by atoms with van der Waals surface area (Å²) in [6.07, 6.45) is 3.10. The molecule has 2 aromatic rings. The standard InChI is InChI=1S/C11H16N6O/c1-6(2)8(9(12)18)16-10-7-4-15-17(3)11(7)14-5-13-10/h4-6,8H,1-3H3,(H2,12,18)(H,13,14,16)/t8-/m0/s1. The number of carbonyl (C=O) groups is 1. The van der Waals surface area contributed by atoms with Gasteiger partial charge in [0, 0.05) is 7.05 Å². The number of aromatic nitrogens is 4. The van der Waals surface area contributed by atoms with Gasteiger partial charge in [-0.1, -0.05) is 13.8 Å². The topological polar surface area (TPSA) is 98.7 Å². The van der Waals surface area contributed by atoms with Gasteiger partial charge in [0.05, 0.1) is 11.6 Å². The highest BCUT2D eigenvalue weighted by Gasteiger charge is 2.21. The van der Waals surface area contributed by atoms with Gasteiger partial charge in [0.15, 0.2) is 5.65 Å². The summed E-state index contributed by atoms with van der Waals surface area (Å²) in [5.74, 6) is 0.246. The molecule has 0 aliphatic rings. The molecule has 7 nitrogen and oxygen atoms in total. The number of hydrogen-bond acceptors (Lipinski definition) is 5. The molecule has 1 amide bonds. The molecule has 2 aromatic heterocycles. The summed E-state index contributed by atoms with van der Waals surface area (Å²) in [5, 5.41) is 7.94. The summed E-state index contributed by atoms with van der Waals surface area (Å²) < 4.78 is 1.65. The van der Waals surface area contributed by atoms with Crippen LogP contribution < -0.4 is 11.1 Å². The largest absolute Gasteiger partial charge is 0.368 e. The van der Waals surface area contributed by atoms with Gasteiger partial charge >= 0.3 is 0 Å². The minimum Gasteiger partial charge on any atom is -0.368 e. The summed E-state index contributed by atoms with van der Waals surface area (Å²) in [4.78, 5) is 19.7. The molecule has 2 heterocycles. The van der Waals surface area contributed by atoms with Crippen LogP contribution in [0.2, 0.25) is 0 Å². The van der Waals surface area contributed by atoms with Crippen LogP contribution in [0.1, 0.15) is 13.8 Å². The Kier molecular flexibility index (Phi) is 3.14. The second-order valence-electron chi connectivity index (χ2n) is 4.50. The third kappa shape index (κ3) is 2.11. The number of fused-ring (bicyclic) bond motifs is 1. The van der Waals surface area contributed by atoms with Crippen molar-refractivity contribution >= 4 is 22.8 Å². The summed E-state index contributed by atoms with van der Waals surface area (Å²) in [6, 6.07) is -0.469. The molecule has 1 atom stereocenters. The zero-order chi connectivity index (χ0) is 13.3. The molecule has 0 bridgehead atoms. The predicted octanol–water partition coefficient (Wildman–Crippen LogP) is 0.285. The first-order chi connectivity index (χ1) is 8.50. The lowest BCUT2D eigenvalue weighted by atomic mass is 10.0. The van der Waals surface area contributed by atoms with Crippen molar-refractivity contribution in [1.82, 2.24) is 19.7 Å². The van der Waals surface area contributed by atoms with E-state index in [1.807, 2.05) is 13.8 Å². The van der Waals surface area contributed by atoms with Crippen molar-refractivity contribution in [1.29, 1.82) is 0 Å². The molecule has 7 heteroatoms. The molecule has 2 rings (SSSR count). The smallest absolute Gasteiger partial charge is 0.240 e. The Hall–Kier alpha value is -2.18. The second kappa shape index (κ2) is 4.59. The van der Waals surface area contributed by atoms with Crippen LogP contribution in [0.3, 0.4) is 0 Å². The summed E-state index contributed by atoms with van der Waals surface area (Å²) in [6.45, 7) is 3.84. The first-order valence-electron chi connectivity index (χ1n) is 5.69. The molecule has 0 aromatic carbocycles. The van der Waals surface area contributed by atoms with Crippen LogP contribution in [0, 0.1) is 5.92 Å². The van der Waals surface area contributed by atoms with E-state index in [9.17, 15) is 4.79 Å². The van der Waals surface area contributed by atoms with E-state index in [0.29, 0.717) is 11.5 Å². The number of amides is 1. The van der Waals surface area contributed by atoms with Crippen molar-refractivity contribution in [3.63, 3.8) is 0 Å². The second-order valence-corrected chi connectivity index (χ2v) is 4.50. The maximum atomic E-state index is 11.4. The average molecular weight is 248 g/mol. The fourth-order valence-electron chi connectivity index (χ4n) is 1.79. The number of nitrogens with one attached hydrogen (secondary N) is 1. The zero-order valence-electron chi connectivity index (χ0n) is 10.6. The van der Waals surface area contributed by atoms with Gasteiger partial charge in [-0.2, -0.15) is 5.10 Å². The number of nitrogens with two attached hydrogens (primary N) is 1. The van der Waals surface area contributed by atoms with Crippen molar-refractivity contribution in [3.05, 3.63) is 12.5 Å². The first kappa shape index (κ1) is 12.3. The van der Waals surface area contributed by atoms with E-state index in [1.54, 1.807) is 17.9 Å². The van der Waals surface area contributed by atoms with E-state index in [2.05, 4.69) is 20.4 Å². The minimum absolute atomic E-state index is 0.0733. The number of hydrogen-bond donors (Lipinski definition) is 2. The van der Waals surface area contributed by atoms with E-state index in [4.69, 9.17) is 5.73 Å². The molecule has 0 fully saturated rings. The summed E-state index contributed by atoms with van der Waals surface area (Å²) in [7, 11) is 1.80. The Bertz CT molecular complexity index is 576. The lowest BCUT2D eigenvalue weighted by molar-refractivity contribution is -0.119. The van der Waals surface area contributed by atoms with Crippen molar-refractivity contribution in [2.75, 3.05) is 5.32 Å². The molecule has 0 radical (unpaired) electrons. The molecule has 0 saturated carbocycles. The SMILES string of the molecule is CC(C)[C@H](Nc1ncnc2c1cnn2C)C(N)=O. The van der Waals surface area contributed by atoms with Gasteiger partial charge in [-0.25, -0.2) is 9.97 Å². The van der Waals surface area contributed by atoms with E-state index in [0.717, 1.165) is 5.39 Å². The molecule has 0 saturated heterocycles. The lowest BCUT2D eigenvalue weighted by Gasteiger charge is -2.19. The number of rotatable bonds is 4. The quantitative estimate of drug-likeness (QED) is 0.810. The van der Waals surface area contributed by atoms with Gasteiger partial charge in [-0.3, -0.25) is 9.48 Å². The van der Waals surface area contributed by atoms with Crippen LogP contribution >= 0.6 is 0 Å². The molecule has 0 unspecified atom stereocenters. The van der Waals surface area contributed by atoms with Crippen molar-refractivity contribution in [3.8, 4) is 0 Å². The van der Waals surface area contributed by atoms with Crippen molar-refractivity contribution in [2.45, 2.75) is 19.9 Å². The zero-order valence-corrected chi connectivity index (χ0v) is 10.6. The van der Waals surface area contributed by atoms with Gasteiger partial charge in [-0.05, 0) is 5.92 Å². The van der Waals surface area contributed by atoms with Crippen LogP contribution in [0.4, 0.5) is 5.82 Å². The predicted molar refractivity (Wildman–Crippen MR) is 67.7 cm³/mol. The highest BCUT2D eigenvalue weighted by atomic mass is 16.1. The molecule has 96 valence electrons. The van der Waals surface area contributed by atoms with E-state index in [1.165, 1.54) is 6.33 Å². The Morgan fingerprint density at radius 3 is 2.78 bits per heavy atom. The Labute approximate surface area is 104 Å². The maximum Gasteiger partial charge on any atom is 0.240 e. The average Bonchev–Trinajstić information content (AvgIpc) is 2.68. The van der Waals surface area contributed by atoms with Gasteiger partial charge in [0.2, 0.25) is 5.91 Å². The molecule has 0 aliphatic carbocycles. The van der Waals surface area contributed by atoms with Crippen LogP contribution in [-0.2, 0) is 11.8 Å². The Morgan fingerprint density at radius 1 is 1.44 bits per heavy atom. The number of primary amides is 1. The number of carbonyl (C=O) groups excluding carboxylic acids is 1. The number of aryl methyl sites for hydroxylation is 1.